The van der Waals surface area contributed by atoms with Crippen LogP contribution in [0.1, 0.15) is 116 Å². The number of carbonyl (C=O) groups excluding carboxylic acids is 2. The Balaban J connectivity index is 1.85. The molecule has 0 aromatic rings. The van der Waals surface area contributed by atoms with E-state index in [0.717, 1.165) is 38.5 Å². The first kappa shape index (κ1) is 23.0. The fraction of sp³-hybridized carbons (Fsp3) is 0.909. The zero-order valence-electron chi connectivity index (χ0n) is 16.9. The van der Waals surface area contributed by atoms with Crippen LogP contribution in [0.15, 0.2) is 0 Å². The van der Waals surface area contributed by atoms with Crippen molar-refractivity contribution in [2.75, 3.05) is 6.61 Å². The average molecular weight is 369 g/mol. The molecule has 0 heterocycles. The molecule has 0 bridgehead atoms. The topological polar surface area (TPSA) is 52.6 Å². The van der Waals surface area contributed by atoms with Crippen LogP contribution < -0.4 is 0 Å². The van der Waals surface area contributed by atoms with Gasteiger partial charge in [-0.1, -0.05) is 71.1 Å². The molecule has 152 valence electrons. The lowest BCUT2D eigenvalue weighted by Gasteiger charge is -2.21. The van der Waals surface area contributed by atoms with Gasteiger partial charge < -0.3 is 9.47 Å². The molecule has 0 spiro atoms. The number of esters is 2. The highest BCUT2D eigenvalue weighted by Crippen LogP contribution is 2.20. The van der Waals surface area contributed by atoms with E-state index in [9.17, 15) is 9.59 Å². The minimum Gasteiger partial charge on any atom is -0.466 e. The third-order valence-electron chi connectivity index (χ3n) is 5.14. The lowest BCUT2D eigenvalue weighted by molar-refractivity contribution is -0.154. The summed E-state index contributed by atoms with van der Waals surface area (Å²) < 4.78 is 10.6. The Kier molecular flexibility index (Phi) is 14.3. The van der Waals surface area contributed by atoms with Gasteiger partial charge in [0, 0.05) is 0 Å². The van der Waals surface area contributed by atoms with Gasteiger partial charge in [0.05, 0.1) is 19.4 Å². The van der Waals surface area contributed by atoms with Crippen molar-refractivity contribution >= 4 is 11.9 Å². The van der Waals surface area contributed by atoms with Crippen molar-refractivity contribution in [1.29, 1.82) is 0 Å². The van der Waals surface area contributed by atoms with Crippen LogP contribution >= 0.6 is 0 Å². The van der Waals surface area contributed by atoms with Crippen molar-refractivity contribution < 1.29 is 19.1 Å². The molecule has 1 saturated carbocycles. The van der Waals surface area contributed by atoms with Gasteiger partial charge in [0.1, 0.15) is 6.10 Å². The molecule has 4 nitrogen and oxygen atoms in total. The summed E-state index contributed by atoms with van der Waals surface area (Å²) in [7, 11) is 0. The second-order valence-corrected chi connectivity index (χ2v) is 7.65. The van der Waals surface area contributed by atoms with Crippen LogP contribution in [0, 0.1) is 0 Å². The monoisotopic (exact) mass is 368 g/mol. The Hall–Kier alpha value is -1.06. The molecule has 1 aliphatic carbocycles. The lowest BCUT2D eigenvalue weighted by Crippen LogP contribution is -2.21. The highest BCUT2D eigenvalue weighted by molar-refractivity contribution is 5.77. The maximum absolute atomic E-state index is 11.7. The number of ether oxygens (including phenoxy) is 2. The van der Waals surface area contributed by atoms with Crippen LogP contribution in [0.2, 0.25) is 0 Å². The molecule has 0 saturated heterocycles. The van der Waals surface area contributed by atoms with Crippen molar-refractivity contribution in [3.63, 3.8) is 0 Å². The van der Waals surface area contributed by atoms with E-state index in [1.54, 1.807) is 0 Å². The smallest absolute Gasteiger partial charge is 0.306 e. The van der Waals surface area contributed by atoms with Crippen LogP contribution in [-0.2, 0) is 19.1 Å². The van der Waals surface area contributed by atoms with Gasteiger partial charge in [0.2, 0.25) is 0 Å². The fourth-order valence-corrected chi connectivity index (χ4v) is 3.48. The molecule has 0 radical (unpaired) electrons. The Morgan fingerprint density at radius 2 is 1.27 bits per heavy atom. The van der Waals surface area contributed by atoms with E-state index in [2.05, 4.69) is 6.92 Å². The standard InChI is InChI=1S/C22H40O4/c1-2-3-4-5-6-7-8-9-10-14-19-25-21(23)17-18-22(24)26-20-15-12-11-13-16-20/h20H,2-19H2,1H3. The summed E-state index contributed by atoms with van der Waals surface area (Å²) in [5.74, 6) is -0.533. The zero-order chi connectivity index (χ0) is 18.9. The minimum atomic E-state index is -0.276. The van der Waals surface area contributed by atoms with Gasteiger partial charge in [-0.2, -0.15) is 0 Å². The van der Waals surface area contributed by atoms with Crippen LogP contribution in [0.3, 0.4) is 0 Å². The predicted molar refractivity (Wildman–Crippen MR) is 105 cm³/mol. The average Bonchev–Trinajstić information content (AvgIpc) is 2.65. The first-order valence-electron chi connectivity index (χ1n) is 11.1. The van der Waals surface area contributed by atoms with E-state index in [4.69, 9.17) is 9.47 Å². The molecule has 0 amide bonds. The molecule has 0 aromatic heterocycles. The van der Waals surface area contributed by atoms with Gasteiger partial charge in [-0.15, -0.1) is 0 Å². The maximum Gasteiger partial charge on any atom is 0.306 e. The Morgan fingerprint density at radius 3 is 1.88 bits per heavy atom. The summed E-state index contributed by atoms with van der Waals surface area (Å²) >= 11 is 0. The molecule has 1 fully saturated rings. The number of unbranched alkanes of at least 4 members (excludes halogenated alkanes) is 9. The normalized spacial score (nSPS) is 15.0. The summed E-state index contributed by atoms with van der Waals surface area (Å²) in [5.41, 5.74) is 0. The molecule has 0 aliphatic heterocycles. The van der Waals surface area contributed by atoms with Crippen molar-refractivity contribution in [3.8, 4) is 0 Å². The number of rotatable bonds is 15. The predicted octanol–water partition coefficient (Wildman–Crippen LogP) is 6.11. The van der Waals surface area contributed by atoms with E-state index in [1.165, 1.54) is 57.8 Å². The molecule has 0 unspecified atom stereocenters. The molecular weight excluding hydrogens is 328 g/mol. The van der Waals surface area contributed by atoms with Gasteiger partial charge in [-0.25, -0.2) is 0 Å². The maximum atomic E-state index is 11.7. The zero-order valence-corrected chi connectivity index (χ0v) is 16.9. The van der Waals surface area contributed by atoms with Crippen LogP contribution in [-0.4, -0.2) is 24.6 Å². The van der Waals surface area contributed by atoms with E-state index in [1.807, 2.05) is 0 Å². The van der Waals surface area contributed by atoms with Crippen molar-refractivity contribution in [2.45, 2.75) is 122 Å². The number of hydrogen-bond acceptors (Lipinski definition) is 4. The van der Waals surface area contributed by atoms with Crippen LogP contribution in [0.25, 0.3) is 0 Å². The highest BCUT2D eigenvalue weighted by atomic mass is 16.5. The Morgan fingerprint density at radius 1 is 0.731 bits per heavy atom. The molecule has 4 heteroatoms. The summed E-state index contributed by atoms with van der Waals surface area (Å²) in [6.45, 7) is 2.73. The fourth-order valence-electron chi connectivity index (χ4n) is 3.48. The van der Waals surface area contributed by atoms with Gasteiger partial charge in [0.25, 0.3) is 0 Å². The molecule has 26 heavy (non-hydrogen) atoms. The van der Waals surface area contributed by atoms with Gasteiger partial charge in [-0.3, -0.25) is 9.59 Å². The molecule has 0 N–H and O–H groups in total. The molecular formula is C22H40O4. The van der Waals surface area contributed by atoms with Crippen LogP contribution in [0.5, 0.6) is 0 Å². The van der Waals surface area contributed by atoms with Gasteiger partial charge in [-0.05, 0) is 32.1 Å². The number of carbonyl (C=O) groups is 2. The molecule has 0 aromatic carbocycles. The van der Waals surface area contributed by atoms with Crippen LogP contribution in [0.4, 0.5) is 0 Å². The second kappa shape index (κ2) is 16.1. The third-order valence-corrected chi connectivity index (χ3v) is 5.14. The minimum absolute atomic E-state index is 0.0684. The SMILES string of the molecule is CCCCCCCCCCCCOC(=O)CCC(=O)OC1CCCCC1. The second-order valence-electron chi connectivity index (χ2n) is 7.65. The summed E-state index contributed by atoms with van der Waals surface area (Å²) in [4.78, 5) is 23.4. The van der Waals surface area contributed by atoms with Crippen molar-refractivity contribution in [3.05, 3.63) is 0 Å². The first-order valence-corrected chi connectivity index (χ1v) is 11.1. The molecule has 0 atom stereocenters. The van der Waals surface area contributed by atoms with E-state index < -0.39 is 0 Å². The number of hydrogen-bond donors (Lipinski definition) is 0. The quantitative estimate of drug-likeness (QED) is 0.258. The van der Waals surface area contributed by atoms with E-state index in [-0.39, 0.29) is 30.9 Å². The highest BCUT2D eigenvalue weighted by Gasteiger charge is 2.18. The van der Waals surface area contributed by atoms with E-state index in [0.29, 0.717) is 6.61 Å². The Labute approximate surface area is 160 Å². The molecule has 1 rings (SSSR count). The van der Waals surface area contributed by atoms with E-state index >= 15 is 0 Å². The van der Waals surface area contributed by atoms with Crippen molar-refractivity contribution in [2.24, 2.45) is 0 Å². The lowest BCUT2D eigenvalue weighted by atomic mass is 9.98. The summed E-state index contributed by atoms with van der Waals surface area (Å²) in [5, 5.41) is 0. The van der Waals surface area contributed by atoms with Gasteiger partial charge in [0.15, 0.2) is 0 Å². The summed E-state index contributed by atoms with van der Waals surface area (Å²) in [6, 6.07) is 0. The van der Waals surface area contributed by atoms with Crippen molar-refractivity contribution in [1.82, 2.24) is 0 Å². The van der Waals surface area contributed by atoms with Gasteiger partial charge >= 0.3 is 11.9 Å². The molecule has 1 aliphatic rings. The first-order chi connectivity index (χ1) is 12.7. The Bertz CT molecular complexity index is 361. The largest absolute Gasteiger partial charge is 0.466 e. The third kappa shape index (κ3) is 13.2. The summed E-state index contributed by atoms with van der Waals surface area (Å²) in [6.07, 6.45) is 18.4.